The first-order chi connectivity index (χ1) is 22.8. The second-order valence-electron chi connectivity index (χ2n) is 11.8. The highest BCUT2D eigenvalue weighted by Gasteiger charge is 2.17. The lowest BCUT2D eigenvalue weighted by Gasteiger charge is -2.26. The van der Waals surface area contributed by atoms with Gasteiger partial charge in [0.05, 0.1) is 0 Å². The zero-order valence-electron chi connectivity index (χ0n) is 25.1. The van der Waals surface area contributed by atoms with E-state index in [4.69, 9.17) is 4.42 Å². The highest BCUT2D eigenvalue weighted by Crippen LogP contribution is 2.41. The van der Waals surface area contributed by atoms with Crippen LogP contribution in [0.3, 0.4) is 0 Å². The van der Waals surface area contributed by atoms with Crippen molar-refractivity contribution in [3.63, 3.8) is 0 Å². The molecule has 0 N–H and O–H groups in total. The first kappa shape index (κ1) is 26.3. The zero-order valence-corrected chi connectivity index (χ0v) is 25.1. The van der Waals surface area contributed by atoms with E-state index in [9.17, 15) is 0 Å². The zero-order chi connectivity index (χ0) is 30.5. The second kappa shape index (κ2) is 10.8. The van der Waals surface area contributed by atoms with E-state index in [1.165, 1.54) is 43.8 Å². The highest BCUT2D eigenvalue weighted by molar-refractivity contribution is 6.19. The van der Waals surface area contributed by atoms with E-state index in [2.05, 4.69) is 169 Å². The van der Waals surface area contributed by atoms with Crippen LogP contribution in [-0.2, 0) is 0 Å². The number of hydrogen-bond acceptors (Lipinski definition) is 2. The number of benzene rings is 8. The van der Waals surface area contributed by atoms with Gasteiger partial charge in [-0.15, -0.1) is 0 Å². The standard InChI is InChI=1S/C44H29NO/c1-3-9-30(10-4-1)32-17-22-37(23-18-32)45(38-25-20-35-27-34(15-16-36(35)28-38)31-11-5-2-6-12-31)39-24-19-33-21-26-43-44(41(33)29-39)40-13-7-8-14-42(40)46-43/h1-29H. The Morgan fingerprint density at radius 2 is 0.870 bits per heavy atom. The molecule has 0 saturated heterocycles. The number of nitrogens with zero attached hydrogens (tertiary/aromatic N) is 1. The molecule has 0 spiro atoms. The first-order valence-corrected chi connectivity index (χ1v) is 15.7. The van der Waals surface area contributed by atoms with Gasteiger partial charge in [0.15, 0.2) is 0 Å². The van der Waals surface area contributed by atoms with E-state index in [1.54, 1.807) is 0 Å². The van der Waals surface area contributed by atoms with Crippen molar-refractivity contribution in [1.82, 2.24) is 0 Å². The quantitative estimate of drug-likeness (QED) is 0.199. The molecule has 0 aliphatic rings. The average molecular weight is 588 g/mol. The predicted molar refractivity (Wildman–Crippen MR) is 194 cm³/mol. The molecule has 1 aromatic heterocycles. The number of hydrogen-bond donors (Lipinski definition) is 0. The van der Waals surface area contributed by atoms with Gasteiger partial charge in [-0.1, -0.05) is 121 Å². The monoisotopic (exact) mass is 587 g/mol. The van der Waals surface area contributed by atoms with E-state index in [1.807, 2.05) is 12.1 Å². The molecule has 8 aromatic carbocycles. The molecule has 0 radical (unpaired) electrons. The van der Waals surface area contributed by atoms with Gasteiger partial charge in [0, 0.05) is 27.8 Å². The molecule has 2 heteroatoms. The van der Waals surface area contributed by atoms with E-state index in [0.29, 0.717) is 0 Å². The Hall–Kier alpha value is -6.12. The summed E-state index contributed by atoms with van der Waals surface area (Å²) in [6.07, 6.45) is 0. The molecule has 0 atom stereocenters. The van der Waals surface area contributed by atoms with Crippen molar-refractivity contribution >= 4 is 60.5 Å². The van der Waals surface area contributed by atoms with Gasteiger partial charge in [-0.3, -0.25) is 0 Å². The fourth-order valence-corrected chi connectivity index (χ4v) is 6.73. The molecule has 0 amide bonds. The van der Waals surface area contributed by atoms with E-state index in [-0.39, 0.29) is 0 Å². The van der Waals surface area contributed by atoms with Crippen LogP contribution in [0.1, 0.15) is 0 Å². The van der Waals surface area contributed by atoms with Crippen LogP contribution in [-0.4, -0.2) is 0 Å². The van der Waals surface area contributed by atoms with E-state index < -0.39 is 0 Å². The molecular weight excluding hydrogens is 558 g/mol. The molecule has 216 valence electrons. The number of furan rings is 1. The van der Waals surface area contributed by atoms with E-state index in [0.717, 1.165) is 39.0 Å². The fourth-order valence-electron chi connectivity index (χ4n) is 6.73. The van der Waals surface area contributed by atoms with Crippen molar-refractivity contribution in [1.29, 1.82) is 0 Å². The van der Waals surface area contributed by atoms with Gasteiger partial charge in [0.2, 0.25) is 0 Å². The summed E-state index contributed by atoms with van der Waals surface area (Å²) in [6, 6.07) is 62.8. The molecule has 0 fully saturated rings. The van der Waals surface area contributed by atoms with Crippen LogP contribution in [0.25, 0.3) is 65.7 Å². The Balaban J connectivity index is 1.22. The number of rotatable bonds is 5. The van der Waals surface area contributed by atoms with Gasteiger partial charge in [-0.25, -0.2) is 0 Å². The third-order valence-corrected chi connectivity index (χ3v) is 9.02. The summed E-state index contributed by atoms with van der Waals surface area (Å²) in [6.45, 7) is 0. The third kappa shape index (κ3) is 4.51. The Labute approximate surface area is 267 Å². The summed E-state index contributed by atoms with van der Waals surface area (Å²) >= 11 is 0. The summed E-state index contributed by atoms with van der Waals surface area (Å²) in [5, 5.41) is 7.08. The van der Waals surface area contributed by atoms with Crippen LogP contribution in [0.2, 0.25) is 0 Å². The van der Waals surface area contributed by atoms with Gasteiger partial charge >= 0.3 is 0 Å². The van der Waals surface area contributed by atoms with Gasteiger partial charge in [-0.2, -0.15) is 0 Å². The van der Waals surface area contributed by atoms with Gasteiger partial charge < -0.3 is 9.32 Å². The normalized spacial score (nSPS) is 11.5. The van der Waals surface area contributed by atoms with Crippen molar-refractivity contribution in [3.05, 3.63) is 176 Å². The summed E-state index contributed by atoms with van der Waals surface area (Å²) in [7, 11) is 0. The topological polar surface area (TPSA) is 16.4 Å². The Morgan fingerprint density at radius 3 is 1.65 bits per heavy atom. The van der Waals surface area contributed by atoms with Crippen molar-refractivity contribution in [3.8, 4) is 22.3 Å². The van der Waals surface area contributed by atoms with Gasteiger partial charge in [0.1, 0.15) is 11.2 Å². The number of fused-ring (bicyclic) bond motifs is 6. The molecule has 2 nitrogen and oxygen atoms in total. The lowest BCUT2D eigenvalue weighted by Crippen LogP contribution is -2.10. The predicted octanol–water partition coefficient (Wildman–Crippen LogP) is 12.7. The molecule has 9 rings (SSSR count). The maximum atomic E-state index is 6.26. The van der Waals surface area contributed by atoms with Crippen LogP contribution < -0.4 is 4.90 Å². The molecule has 9 aromatic rings. The van der Waals surface area contributed by atoms with Crippen LogP contribution in [0.15, 0.2) is 180 Å². The first-order valence-electron chi connectivity index (χ1n) is 15.7. The summed E-state index contributed by atoms with van der Waals surface area (Å²) in [4.78, 5) is 2.36. The molecule has 1 heterocycles. The van der Waals surface area contributed by atoms with Gasteiger partial charge in [0.25, 0.3) is 0 Å². The van der Waals surface area contributed by atoms with Crippen LogP contribution in [0, 0.1) is 0 Å². The van der Waals surface area contributed by atoms with Crippen molar-refractivity contribution < 1.29 is 4.42 Å². The lowest BCUT2D eigenvalue weighted by atomic mass is 10.00. The smallest absolute Gasteiger partial charge is 0.136 e. The van der Waals surface area contributed by atoms with Crippen molar-refractivity contribution in [2.75, 3.05) is 4.90 Å². The highest BCUT2D eigenvalue weighted by atomic mass is 16.3. The number of anilines is 3. The van der Waals surface area contributed by atoms with Gasteiger partial charge in [-0.05, 0) is 98.4 Å². The van der Waals surface area contributed by atoms with E-state index >= 15 is 0 Å². The SMILES string of the molecule is c1ccc(-c2ccc(N(c3ccc4cc(-c5ccccc5)ccc4c3)c3ccc4ccc5oc6ccccc6c5c4c3)cc2)cc1. The minimum atomic E-state index is 0.907. The van der Waals surface area contributed by atoms with Crippen molar-refractivity contribution in [2.45, 2.75) is 0 Å². The Bertz CT molecular complexity index is 2510. The molecular formula is C44H29NO. The fraction of sp³-hybridized carbons (Fsp3) is 0. The molecule has 46 heavy (non-hydrogen) atoms. The molecule has 0 unspecified atom stereocenters. The summed E-state index contributed by atoms with van der Waals surface area (Å²) in [5.41, 5.74) is 9.97. The van der Waals surface area contributed by atoms with Crippen LogP contribution >= 0.6 is 0 Å². The minimum absolute atomic E-state index is 0.907. The largest absolute Gasteiger partial charge is 0.456 e. The molecule has 0 saturated carbocycles. The maximum Gasteiger partial charge on any atom is 0.136 e. The van der Waals surface area contributed by atoms with Crippen LogP contribution in [0.4, 0.5) is 17.1 Å². The average Bonchev–Trinajstić information content (AvgIpc) is 3.52. The molecule has 0 aliphatic heterocycles. The minimum Gasteiger partial charge on any atom is -0.456 e. The lowest BCUT2D eigenvalue weighted by molar-refractivity contribution is 0.669. The Morgan fingerprint density at radius 1 is 0.326 bits per heavy atom. The number of para-hydroxylation sites is 1. The maximum absolute atomic E-state index is 6.26. The Kier molecular flexibility index (Phi) is 6.17. The van der Waals surface area contributed by atoms with Crippen LogP contribution in [0.5, 0.6) is 0 Å². The second-order valence-corrected chi connectivity index (χ2v) is 11.8. The summed E-state index contributed by atoms with van der Waals surface area (Å²) in [5.74, 6) is 0. The summed E-state index contributed by atoms with van der Waals surface area (Å²) < 4.78 is 6.26. The molecule has 0 bridgehead atoms. The third-order valence-electron chi connectivity index (χ3n) is 9.02. The molecule has 0 aliphatic carbocycles. The van der Waals surface area contributed by atoms with Crippen molar-refractivity contribution in [2.24, 2.45) is 0 Å².